The van der Waals surface area contributed by atoms with E-state index in [2.05, 4.69) is 11.6 Å². The summed E-state index contributed by atoms with van der Waals surface area (Å²) < 4.78 is 7.70. The predicted octanol–water partition coefficient (Wildman–Crippen LogP) is 3.52. The molecule has 2 aromatic heterocycles. The number of hydrogen-bond donors (Lipinski definition) is 2. The van der Waals surface area contributed by atoms with Crippen molar-refractivity contribution >= 4 is 11.7 Å². The average Bonchev–Trinajstić information content (AvgIpc) is 3.40. The topological polar surface area (TPSA) is 112 Å². The van der Waals surface area contributed by atoms with Crippen LogP contribution >= 0.6 is 0 Å². The number of hydrogen-bond acceptors (Lipinski definition) is 6. The molecule has 0 atom stereocenters. The van der Waals surface area contributed by atoms with Gasteiger partial charge in [0.15, 0.2) is 0 Å². The Labute approximate surface area is 192 Å². The third kappa shape index (κ3) is 3.87. The minimum Gasteiger partial charge on any atom is -0.439 e. The molecule has 8 heteroatoms. The smallest absolute Gasteiger partial charge is 0.245 e. The number of benzene rings is 1. The predicted molar refractivity (Wildman–Crippen MR) is 126 cm³/mol. The Morgan fingerprint density at radius 1 is 1.24 bits per heavy atom. The van der Waals surface area contributed by atoms with E-state index in [4.69, 9.17) is 21.3 Å². The molecule has 0 unspecified atom stereocenters. The fraction of sp³-hybridized carbons (Fsp3) is 0.320. The molecule has 4 N–H and O–H groups in total. The summed E-state index contributed by atoms with van der Waals surface area (Å²) in [6.07, 6.45) is 6.04. The molecule has 5 rings (SSSR count). The van der Waals surface area contributed by atoms with Gasteiger partial charge in [-0.2, -0.15) is 5.10 Å². The maximum atomic E-state index is 12.0. The number of nitrogen functional groups attached to an aromatic ring is 1. The van der Waals surface area contributed by atoms with Crippen LogP contribution in [0.15, 0.2) is 61.3 Å². The van der Waals surface area contributed by atoms with Crippen LogP contribution in [0.5, 0.6) is 11.6 Å². The summed E-state index contributed by atoms with van der Waals surface area (Å²) in [5.41, 5.74) is 15.1. The molecule has 1 saturated heterocycles. The van der Waals surface area contributed by atoms with Crippen LogP contribution < -0.4 is 16.2 Å². The summed E-state index contributed by atoms with van der Waals surface area (Å²) in [4.78, 5) is 18.3. The molecule has 0 radical (unpaired) electrons. The number of rotatable bonds is 6. The zero-order valence-electron chi connectivity index (χ0n) is 18.5. The quantitative estimate of drug-likeness (QED) is 0.563. The van der Waals surface area contributed by atoms with E-state index < -0.39 is 0 Å². The van der Waals surface area contributed by atoms with Gasteiger partial charge in [-0.05, 0) is 49.0 Å². The van der Waals surface area contributed by atoms with Crippen molar-refractivity contribution in [2.75, 3.05) is 18.8 Å². The van der Waals surface area contributed by atoms with E-state index in [9.17, 15) is 4.79 Å². The number of likely N-dealkylation sites (tertiary alicyclic amines) is 1. The standard InChI is InChI=1S/C25H28N6O2/c1-2-22(32)30-11-10-25(16-30)12-18(13-25)31-24(27)20(14-26)23(29-31)17-8-9-21(28-15-17)33-19-6-4-3-5-7-19/h2-9,15,18H,1,10-14,16,26-27H2/t18-,25+. The van der Waals surface area contributed by atoms with Crippen LogP contribution in [0.4, 0.5) is 5.82 Å². The Balaban J connectivity index is 1.32. The number of carbonyl (C=O) groups excluding carboxylic acids is 1. The van der Waals surface area contributed by atoms with Gasteiger partial charge in [0.2, 0.25) is 11.8 Å². The largest absolute Gasteiger partial charge is 0.439 e. The molecule has 33 heavy (non-hydrogen) atoms. The van der Waals surface area contributed by atoms with Gasteiger partial charge in [-0.25, -0.2) is 9.67 Å². The van der Waals surface area contributed by atoms with Crippen LogP contribution in [-0.4, -0.2) is 38.7 Å². The van der Waals surface area contributed by atoms with Crippen molar-refractivity contribution in [2.45, 2.75) is 31.8 Å². The lowest BCUT2D eigenvalue weighted by Gasteiger charge is -2.45. The highest BCUT2D eigenvalue weighted by atomic mass is 16.5. The Bertz CT molecular complexity index is 1170. The highest BCUT2D eigenvalue weighted by Gasteiger charge is 2.50. The van der Waals surface area contributed by atoms with E-state index in [-0.39, 0.29) is 17.4 Å². The summed E-state index contributed by atoms with van der Waals surface area (Å²) >= 11 is 0. The molecule has 3 aromatic rings. The zero-order valence-corrected chi connectivity index (χ0v) is 18.5. The zero-order chi connectivity index (χ0) is 23.0. The molecular weight excluding hydrogens is 416 g/mol. The van der Waals surface area contributed by atoms with Crippen molar-refractivity contribution in [2.24, 2.45) is 11.1 Å². The van der Waals surface area contributed by atoms with Crippen molar-refractivity contribution in [3.05, 3.63) is 66.9 Å². The van der Waals surface area contributed by atoms with E-state index in [1.54, 1.807) is 6.20 Å². The molecule has 1 spiro atoms. The highest BCUT2D eigenvalue weighted by molar-refractivity contribution is 5.87. The van der Waals surface area contributed by atoms with Gasteiger partial charge in [0.1, 0.15) is 17.3 Å². The molecule has 2 fully saturated rings. The normalized spacial score (nSPS) is 21.7. The van der Waals surface area contributed by atoms with E-state index in [0.29, 0.717) is 18.2 Å². The first-order valence-electron chi connectivity index (χ1n) is 11.2. The minimum atomic E-state index is 0.00817. The fourth-order valence-corrected chi connectivity index (χ4v) is 5.08. The van der Waals surface area contributed by atoms with Gasteiger partial charge in [0, 0.05) is 43.0 Å². The lowest BCUT2D eigenvalue weighted by molar-refractivity contribution is -0.125. The molecule has 170 valence electrons. The van der Waals surface area contributed by atoms with Gasteiger partial charge >= 0.3 is 0 Å². The summed E-state index contributed by atoms with van der Waals surface area (Å²) in [5.74, 6) is 1.85. The summed E-state index contributed by atoms with van der Waals surface area (Å²) in [7, 11) is 0. The minimum absolute atomic E-state index is 0.00817. The van der Waals surface area contributed by atoms with E-state index in [1.165, 1.54) is 6.08 Å². The first-order chi connectivity index (χ1) is 16.0. The SMILES string of the molecule is C=CC(=O)N1CC[C@]2(C1)C[C@@H](n1nc(-c3ccc(Oc4ccccc4)nc3)c(CN)c1N)C2. The van der Waals surface area contributed by atoms with Crippen LogP contribution in [0.2, 0.25) is 0 Å². The first kappa shape index (κ1) is 21.2. The van der Waals surface area contributed by atoms with Gasteiger partial charge in [-0.1, -0.05) is 24.8 Å². The van der Waals surface area contributed by atoms with Crippen LogP contribution in [0.3, 0.4) is 0 Å². The van der Waals surface area contributed by atoms with E-state index >= 15 is 0 Å². The lowest BCUT2D eigenvalue weighted by Crippen LogP contribution is -2.42. The Kier molecular flexibility index (Phi) is 5.38. The van der Waals surface area contributed by atoms with Crippen LogP contribution in [-0.2, 0) is 11.3 Å². The lowest BCUT2D eigenvalue weighted by atomic mass is 9.65. The summed E-state index contributed by atoms with van der Waals surface area (Å²) in [5, 5.41) is 4.85. The number of pyridine rings is 1. The highest BCUT2D eigenvalue weighted by Crippen LogP contribution is 2.54. The molecule has 1 aliphatic carbocycles. The molecule has 0 bridgehead atoms. The third-order valence-electron chi connectivity index (χ3n) is 6.84. The Morgan fingerprint density at radius 2 is 2.03 bits per heavy atom. The van der Waals surface area contributed by atoms with Crippen molar-refractivity contribution in [3.63, 3.8) is 0 Å². The average molecular weight is 445 g/mol. The number of carbonyl (C=O) groups is 1. The summed E-state index contributed by atoms with van der Waals surface area (Å²) in [6, 6.07) is 13.5. The molecule has 1 saturated carbocycles. The molecule has 1 aromatic carbocycles. The van der Waals surface area contributed by atoms with E-state index in [1.807, 2.05) is 52.0 Å². The number of nitrogens with two attached hydrogens (primary N) is 2. The first-order valence-corrected chi connectivity index (χ1v) is 11.2. The monoisotopic (exact) mass is 444 g/mol. The van der Waals surface area contributed by atoms with Gasteiger partial charge in [-0.15, -0.1) is 0 Å². The molecule has 1 amide bonds. The fourth-order valence-electron chi connectivity index (χ4n) is 5.08. The van der Waals surface area contributed by atoms with Crippen LogP contribution in [0.25, 0.3) is 11.3 Å². The van der Waals surface area contributed by atoms with Gasteiger partial charge in [0.05, 0.1) is 6.04 Å². The second-order valence-electron chi connectivity index (χ2n) is 8.94. The summed E-state index contributed by atoms with van der Waals surface area (Å²) in [6.45, 7) is 5.46. The molecule has 1 aliphatic heterocycles. The second-order valence-corrected chi connectivity index (χ2v) is 8.94. The second kappa shape index (κ2) is 8.37. The number of anilines is 1. The number of para-hydroxylation sites is 1. The van der Waals surface area contributed by atoms with Crippen molar-refractivity contribution < 1.29 is 9.53 Å². The maximum Gasteiger partial charge on any atom is 0.245 e. The van der Waals surface area contributed by atoms with Crippen LogP contribution in [0, 0.1) is 5.41 Å². The van der Waals surface area contributed by atoms with E-state index in [0.717, 1.165) is 54.9 Å². The number of amides is 1. The number of nitrogens with zero attached hydrogens (tertiary/aromatic N) is 4. The van der Waals surface area contributed by atoms with Gasteiger partial charge in [0.25, 0.3) is 0 Å². The molecule has 2 aliphatic rings. The number of aromatic nitrogens is 3. The van der Waals surface area contributed by atoms with Crippen molar-refractivity contribution in [3.8, 4) is 22.9 Å². The maximum absolute atomic E-state index is 12.0. The van der Waals surface area contributed by atoms with Gasteiger partial charge < -0.3 is 21.1 Å². The van der Waals surface area contributed by atoms with Crippen molar-refractivity contribution in [1.29, 1.82) is 0 Å². The third-order valence-corrected chi connectivity index (χ3v) is 6.84. The Morgan fingerprint density at radius 3 is 2.70 bits per heavy atom. The van der Waals surface area contributed by atoms with Crippen molar-refractivity contribution in [1.82, 2.24) is 19.7 Å². The number of ether oxygens (including phenoxy) is 1. The molecule has 3 heterocycles. The Hall–Kier alpha value is -3.65. The molecule has 8 nitrogen and oxygen atoms in total. The van der Waals surface area contributed by atoms with Gasteiger partial charge in [-0.3, -0.25) is 4.79 Å². The van der Waals surface area contributed by atoms with Crippen LogP contribution in [0.1, 0.15) is 30.9 Å². The molecular formula is C25H28N6O2.